The second kappa shape index (κ2) is 6.92. The Morgan fingerprint density at radius 1 is 1.30 bits per heavy atom. The van der Waals surface area contributed by atoms with Gasteiger partial charge in [0.15, 0.2) is 0 Å². The second-order valence-corrected chi connectivity index (χ2v) is 6.16. The van der Waals surface area contributed by atoms with Crippen molar-refractivity contribution in [3.8, 4) is 0 Å². The van der Waals surface area contributed by atoms with Crippen LogP contribution in [0, 0.1) is 0 Å². The fourth-order valence-electron chi connectivity index (χ4n) is 2.41. The quantitative estimate of drug-likeness (QED) is 0.853. The van der Waals surface area contributed by atoms with Gasteiger partial charge in [-0.05, 0) is 40.2 Å². The van der Waals surface area contributed by atoms with Gasteiger partial charge in [0.25, 0.3) is 0 Å². The number of likely N-dealkylation sites (tertiary alicyclic amines) is 1. The van der Waals surface area contributed by atoms with Gasteiger partial charge in [0.05, 0.1) is 6.54 Å². The van der Waals surface area contributed by atoms with Crippen LogP contribution in [0.2, 0.25) is 0 Å². The molecule has 0 spiro atoms. The minimum atomic E-state index is -0.804. The molecule has 116 valence electrons. The highest BCUT2D eigenvalue weighted by Gasteiger charge is 2.29. The van der Waals surface area contributed by atoms with Gasteiger partial charge in [-0.2, -0.15) is 0 Å². The van der Waals surface area contributed by atoms with Crippen LogP contribution in [0.3, 0.4) is 0 Å². The van der Waals surface area contributed by atoms with E-state index in [-0.39, 0.29) is 18.7 Å². The number of hydrogen-bond donors (Lipinski definition) is 1. The number of hydrogen-bond acceptors (Lipinski definition) is 4. The van der Waals surface area contributed by atoms with Crippen LogP contribution in [0.5, 0.6) is 0 Å². The summed E-state index contributed by atoms with van der Waals surface area (Å²) in [6.45, 7) is 9.53. The van der Waals surface area contributed by atoms with Crippen molar-refractivity contribution in [2.24, 2.45) is 0 Å². The molecule has 0 aliphatic carbocycles. The van der Waals surface area contributed by atoms with Crippen LogP contribution in [-0.4, -0.2) is 64.8 Å². The van der Waals surface area contributed by atoms with E-state index in [1.807, 2.05) is 32.6 Å². The molecule has 6 nitrogen and oxygen atoms in total. The molecule has 0 aromatic heterocycles. The summed E-state index contributed by atoms with van der Waals surface area (Å²) < 4.78 is 5.34. The molecule has 0 saturated carbocycles. The van der Waals surface area contributed by atoms with Crippen LogP contribution in [0.1, 0.15) is 40.5 Å². The third kappa shape index (κ3) is 5.36. The third-order valence-corrected chi connectivity index (χ3v) is 3.38. The predicted molar refractivity (Wildman–Crippen MR) is 75.7 cm³/mol. The van der Waals surface area contributed by atoms with Gasteiger partial charge in [-0.15, -0.1) is 0 Å². The zero-order chi connectivity index (χ0) is 15.3. The minimum absolute atomic E-state index is 0.0631. The zero-order valence-corrected chi connectivity index (χ0v) is 12.9. The highest BCUT2D eigenvalue weighted by atomic mass is 16.6. The number of likely N-dealkylation sites (N-methyl/N-ethyl adjacent to an activating group) is 1. The number of nitrogens with zero attached hydrogens (tertiary/aromatic N) is 2. The van der Waals surface area contributed by atoms with E-state index in [0.29, 0.717) is 19.6 Å². The lowest BCUT2D eigenvalue weighted by molar-refractivity contribution is -0.139. The summed E-state index contributed by atoms with van der Waals surface area (Å²) in [6, 6.07) is 0.231. The van der Waals surface area contributed by atoms with Crippen LogP contribution < -0.4 is 0 Å². The summed E-state index contributed by atoms with van der Waals surface area (Å²) in [5.74, 6) is -0.804. The lowest BCUT2D eigenvalue weighted by Gasteiger charge is -2.37. The summed E-state index contributed by atoms with van der Waals surface area (Å²) in [6.07, 6.45) is 1.30. The van der Waals surface area contributed by atoms with Crippen LogP contribution in [0.25, 0.3) is 0 Å². The number of ether oxygens (including phenoxy) is 1. The topological polar surface area (TPSA) is 70.1 Å². The predicted octanol–water partition coefficient (Wildman–Crippen LogP) is 1.79. The average molecular weight is 286 g/mol. The largest absolute Gasteiger partial charge is 0.480 e. The van der Waals surface area contributed by atoms with Crippen molar-refractivity contribution in [1.29, 1.82) is 0 Å². The highest BCUT2D eigenvalue weighted by molar-refractivity contribution is 5.69. The van der Waals surface area contributed by atoms with E-state index in [2.05, 4.69) is 0 Å². The molecule has 1 rings (SSSR count). The third-order valence-electron chi connectivity index (χ3n) is 3.38. The van der Waals surface area contributed by atoms with E-state index in [4.69, 9.17) is 9.84 Å². The summed E-state index contributed by atoms with van der Waals surface area (Å²) >= 11 is 0. The number of carbonyl (C=O) groups is 2. The Hall–Kier alpha value is -1.30. The number of aliphatic carboxylic acids is 1. The van der Waals surface area contributed by atoms with E-state index in [9.17, 15) is 9.59 Å². The zero-order valence-electron chi connectivity index (χ0n) is 12.9. The number of amides is 1. The summed E-state index contributed by atoms with van der Waals surface area (Å²) in [4.78, 5) is 26.4. The van der Waals surface area contributed by atoms with Gasteiger partial charge in [0.1, 0.15) is 5.60 Å². The van der Waals surface area contributed by atoms with Crippen LogP contribution >= 0.6 is 0 Å². The fourth-order valence-corrected chi connectivity index (χ4v) is 2.41. The van der Waals surface area contributed by atoms with Crippen molar-refractivity contribution in [3.63, 3.8) is 0 Å². The number of piperidine rings is 1. The smallest absolute Gasteiger partial charge is 0.410 e. The molecule has 0 bridgehead atoms. The standard InChI is InChI=1S/C14H26N2O4/c1-5-15(10-12(17)18)11-6-8-16(9-7-11)13(19)20-14(2,3)4/h11H,5-10H2,1-4H3,(H,17,18). The Bertz CT molecular complexity index is 344. The highest BCUT2D eigenvalue weighted by Crippen LogP contribution is 2.19. The summed E-state index contributed by atoms with van der Waals surface area (Å²) in [5.41, 5.74) is -0.479. The van der Waals surface area contributed by atoms with Gasteiger partial charge >= 0.3 is 12.1 Å². The average Bonchev–Trinajstić information content (AvgIpc) is 2.34. The van der Waals surface area contributed by atoms with Crippen molar-refractivity contribution < 1.29 is 19.4 Å². The van der Waals surface area contributed by atoms with Gasteiger partial charge in [-0.1, -0.05) is 6.92 Å². The van der Waals surface area contributed by atoms with Crippen molar-refractivity contribution in [2.45, 2.75) is 52.2 Å². The first-order chi connectivity index (χ1) is 9.23. The molecule has 0 aromatic carbocycles. The van der Waals surface area contributed by atoms with E-state index in [0.717, 1.165) is 12.8 Å². The maximum Gasteiger partial charge on any atom is 0.410 e. The van der Waals surface area contributed by atoms with E-state index >= 15 is 0 Å². The Balaban J connectivity index is 2.46. The normalized spacial score (nSPS) is 17.4. The Labute approximate surface area is 120 Å². The molecular formula is C14H26N2O4. The number of carboxylic acids is 1. The Morgan fingerprint density at radius 3 is 2.25 bits per heavy atom. The molecule has 0 aromatic rings. The van der Waals surface area contributed by atoms with Gasteiger partial charge in [-0.3, -0.25) is 9.69 Å². The molecule has 1 aliphatic heterocycles. The van der Waals surface area contributed by atoms with Crippen molar-refractivity contribution in [2.75, 3.05) is 26.2 Å². The molecule has 1 N–H and O–H groups in total. The molecule has 1 fully saturated rings. The first-order valence-electron chi connectivity index (χ1n) is 7.16. The molecule has 1 saturated heterocycles. The van der Waals surface area contributed by atoms with Gasteiger partial charge in [-0.25, -0.2) is 4.79 Å². The molecule has 1 heterocycles. The molecule has 1 aliphatic rings. The maximum absolute atomic E-state index is 11.9. The van der Waals surface area contributed by atoms with Crippen molar-refractivity contribution in [3.05, 3.63) is 0 Å². The monoisotopic (exact) mass is 286 g/mol. The van der Waals surface area contributed by atoms with Gasteiger partial charge < -0.3 is 14.7 Å². The first kappa shape index (κ1) is 16.8. The number of carboxylic acid groups (broad SMARTS) is 1. The maximum atomic E-state index is 11.9. The van der Waals surface area contributed by atoms with Crippen molar-refractivity contribution >= 4 is 12.1 Å². The summed E-state index contributed by atoms with van der Waals surface area (Å²) in [5, 5.41) is 8.89. The summed E-state index contributed by atoms with van der Waals surface area (Å²) in [7, 11) is 0. The Kier molecular flexibility index (Phi) is 5.80. The molecule has 20 heavy (non-hydrogen) atoms. The van der Waals surface area contributed by atoms with Gasteiger partial charge in [0, 0.05) is 19.1 Å². The lowest BCUT2D eigenvalue weighted by atomic mass is 10.0. The van der Waals surface area contributed by atoms with E-state index in [1.54, 1.807) is 4.90 Å². The van der Waals surface area contributed by atoms with Gasteiger partial charge in [0.2, 0.25) is 0 Å². The van der Waals surface area contributed by atoms with Crippen LogP contribution in [0.4, 0.5) is 4.79 Å². The molecule has 6 heteroatoms. The first-order valence-corrected chi connectivity index (χ1v) is 7.16. The number of carbonyl (C=O) groups excluding carboxylic acids is 1. The van der Waals surface area contributed by atoms with Crippen molar-refractivity contribution in [1.82, 2.24) is 9.80 Å². The van der Waals surface area contributed by atoms with Crippen LogP contribution in [0.15, 0.2) is 0 Å². The number of rotatable bonds is 4. The molecular weight excluding hydrogens is 260 g/mol. The second-order valence-electron chi connectivity index (χ2n) is 6.16. The molecule has 0 atom stereocenters. The molecule has 1 amide bonds. The fraction of sp³-hybridized carbons (Fsp3) is 0.857. The molecule has 0 radical (unpaired) electrons. The Morgan fingerprint density at radius 2 is 1.85 bits per heavy atom. The van der Waals surface area contributed by atoms with E-state index < -0.39 is 11.6 Å². The SMILES string of the molecule is CCN(CC(=O)O)C1CCN(C(=O)OC(C)(C)C)CC1. The van der Waals surface area contributed by atoms with E-state index in [1.165, 1.54) is 0 Å². The lowest BCUT2D eigenvalue weighted by Crippen LogP contribution is -2.49. The molecule has 0 unspecified atom stereocenters. The minimum Gasteiger partial charge on any atom is -0.480 e. The van der Waals surface area contributed by atoms with Crippen LogP contribution in [-0.2, 0) is 9.53 Å².